The fourth-order valence-electron chi connectivity index (χ4n) is 1.92. The van der Waals surface area contributed by atoms with E-state index in [1.165, 1.54) is 30.3 Å². The predicted octanol–water partition coefficient (Wildman–Crippen LogP) is 3.15. The molecule has 0 bridgehead atoms. The zero-order valence-electron chi connectivity index (χ0n) is 11.1. The number of hydrogen-bond donors (Lipinski definition) is 1. The number of alkyl halides is 2. The Bertz CT molecular complexity index is 704. The Balaban J connectivity index is 2.34. The van der Waals surface area contributed by atoms with Gasteiger partial charge in [0.05, 0.1) is 4.92 Å². The molecule has 1 atom stereocenters. The van der Waals surface area contributed by atoms with Crippen LogP contribution in [0.15, 0.2) is 54.6 Å². The molecule has 0 aromatic heterocycles. The second-order valence-corrected chi connectivity index (χ2v) is 4.57. The number of carbonyl (C=O) groups excluding carboxylic acids is 1. The van der Waals surface area contributed by atoms with Crippen molar-refractivity contribution < 1.29 is 23.6 Å². The number of aliphatic hydroxyl groups excluding tert-OH is 1. The number of hydrogen-bond acceptors (Lipinski definition) is 4. The SMILES string of the molecule is O=C(c1ccccc1)C(F)(F)C(O)c1cccc([N+](=O)[O-])c1. The van der Waals surface area contributed by atoms with E-state index in [9.17, 15) is 28.8 Å². The molecule has 0 aliphatic rings. The minimum absolute atomic E-state index is 0.253. The summed E-state index contributed by atoms with van der Waals surface area (Å²) in [6.45, 7) is 0. The number of nitro benzene ring substituents is 1. The second-order valence-electron chi connectivity index (χ2n) is 4.57. The van der Waals surface area contributed by atoms with Crippen molar-refractivity contribution in [3.8, 4) is 0 Å². The number of carbonyl (C=O) groups is 1. The van der Waals surface area contributed by atoms with Crippen LogP contribution in [0.4, 0.5) is 14.5 Å². The number of ketones is 1. The summed E-state index contributed by atoms with van der Waals surface area (Å²) >= 11 is 0. The molecular formula is C15H11F2NO4. The molecule has 2 rings (SSSR count). The van der Waals surface area contributed by atoms with Crippen LogP contribution in [-0.2, 0) is 0 Å². The molecule has 114 valence electrons. The van der Waals surface area contributed by atoms with Gasteiger partial charge in [-0.1, -0.05) is 42.5 Å². The van der Waals surface area contributed by atoms with Crippen molar-refractivity contribution in [1.82, 2.24) is 0 Å². The number of nitrogens with zero attached hydrogens (tertiary/aromatic N) is 1. The van der Waals surface area contributed by atoms with Gasteiger partial charge in [-0.15, -0.1) is 0 Å². The van der Waals surface area contributed by atoms with E-state index in [1.807, 2.05) is 0 Å². The molecule has 0 heterocycles. The summed E-state index contributed by atoms with van der Waals surface area (Å²) in [5.74, 6) is -5.65. The average molecular weight is 307 g/mol. The summed E-state index contributed by atoms with van der Waals surface area (Å²) in [4.78, 5) is 21.7. The van der Waals surface area contributed by atoms with Crippen molar-refractivity contribution in [3.63, 3.8) is 0 Å². The second kappa shape index (κ2) is 5.98. The summed E-state index contributed by atoms with van der Waals surface area (Å²) < 4.78 is 28.3. The van der Waals surface area contributed by atoms with Gasteiger partial charge in [-0.3, -0.25) is 14.9 Å². The lowest BCUT2D eigenvalue weighted by Gasteiger charge is -2.21. The maximum absolute atomic E-state index is 14.1. The van der Waals surface area contributed by atoms with E-state index >= 15 is 0 Å². The number of benzene rings is 2. The molecule has 0 saturated heterocycles. The number of rotatable bonds is 5. The first-order valence-electron chi connectivity index (χ1n) is 6.24. The van der Waals surface area contributed by atoms with Crippen LogP contribution < -0.4 is 0 Å². The number of non-ortho nitro benzene ring substituents is 1. The summed E-state index contributed by atoms with van der Waals surface area (Å²) in [5, 5.41) is 20.4. The van der Waals surface area contributed by atoms with Gasteiger partial charge < -0.3 is 5.11 Å². The van der Waals surface area contributed by atoms with Gasteiger partial charge in [0.2, 0.25) is 5.78 Å². The normalized spacial score (nSPS) is 12.7. The minimum Gasteiger partial charge on any atom is -0.382 e. The molecule has 0 saturated carbocycles. The molecule has 0 fully saturated rings. The number of aliphatic hydroxyl groups is 1. The molecule has 2 aromatic carbocycles. The van der Waals surface area contributed by atoms with Gasteiger partial charge in [0.25, 0.3) is 5.69 Å². The molecule has 0 amide bonds. The molecular weight excluding hydrogens is 296 g/mol. The van der Waals surface area contributed by atoms with Gasteiger partial charge in [0, 0.05) is 17.7 Å². The molecule has 2 aromatic rings. The van der Waals surface area contributed by atoms with Gasteiger partial charge in [-0.25, -0.2) is 0 Å². The number of nitro groups is 1. The Morgan fingerprint density at radius 1 is 1.14 bits per heavy atom. The highest BCUT2D eigenvalue weighted by Crippen LogP contribution is 2.35. The van der Waals surface area contributed by atoms with Crippen molar-refractivity contribution in [2.45, 2.75) is 12.0 Å². The summed E-state index contributed by atoms with van der Waals surface area (Å²) in [5.41, 5.74) is -1.10. The lowest BCUT2D eigenvalue weighted by atomic mass is 9.96. The Morgan fingerprint density at radius 3 is 2.36 bits per heavy atom. The van der Waals surface area contributed by atoms with E-state index in [4.69, 9.17) is 0 Å². The van der Waals surface area contributed by atoms with Crippen molar-refractivity contribution in [2.75, 3.05) is 0 Å². The van der Waals surface area contributed by atoms with E-state index in [-0.39, 0.29) is 5.56 Å². The monoisotopic (exact) mass is 307 g/mol. The molecule has 0 aliphatic carbocycles. The molecule has 1 unspecified atom stereocenters. The van der Waals surface area contributed by atoms with Crippen LogP contribution >= 0.6 is 0 Å². The Kier molecular flexibility index (Phi) is 4.27. The Morgan fingerprint density at radius 2 is 1.77 bits per heavy atom. The molecule has 0 spiro atoms. The van der Waals surface area contributed by atoms with Crippen molar-refractivity contribution in [3.05, 3.63) is 75.8 Å². The van der Waals surface area contributed by atoms with Crippen LogP contribution in [-0.4, -0.2) is 21.7 Å². The maximum atomic E-state index is 14.1. The van der Waals surface area contributed by atoms with E-state index in [1.54, 1.807) is 6.07 Å². The molecule has 7 heteroatoms. The zero-order valence-corrected chi connectivity index (χ0v) is 11.1. The van der Waals surface area contributed by atoms with E-state index in [0.717, 1.165) is 18.2 Å². The van der Waals surface area contributed by atoms with Crippen LogP contribution in [0.1, 0.15) is 22.0 Å². The molecule has 0 radical (unpaired) electrons. The van der Waals surface area contributed by atoms with E-state index < -0.39 is 34.0 Å². The van der Waals surface area contributed by atoms with Crippen LogP contribution in [0.5, 0.6) is 0 Å². The van der Waals surface area contributed by atoms with Crippen molar-refractivity contribution in [2.24, 2.45) is 0 Å². The lowest BCUT2D eigenvalue weighted by Crippen LogP contribution is -2.35. The quantitative estimate of drug-likeness (QED) is 0.523. The zero-order chi connectivity index (χ0) is 16.3. The highest BCUT2D eigenvalue weighted by atomic mass is 19.3. The van der Waals surface area contributed by atoms with Gasteiger partial charge in [0.15, 0.2) is 6.10 Å². The standard InChI is InChI=1S/C15H11F2NO4/c16-15(17,13(19)10-5-2-1-3-6-10)14(20)11-7-4-8-12(9-11)18(21)22/h1-9,14,20H. The van der Waals surface area contributed by atoms with Gasteiger partial charge in [0.1, 0.15) is 0 Å². The molecule has 5 nitrogen and oxygen atoms in total. The molecule has 1 N–H and O–H groups in total. The number of Topliss-reactive ketones (excluding diaryl/α,β-unsaturated/α-hetero) is 1. The summed E-state index contributed by atoms with van der Waals surface area (Å²) in [7, 11) is 0. The first-order valence-corrected chi connectivity index (χ1v) is 6.24. The highest BCUT2D eigenvalue weighted by Gasteiger charge is 2.47. The third-order valence-electron chi connectivity index (χ3n) is 3.08. The van der Waals surface area contributed by atoms with Crippen molar-refractivity contribution >= 4 is 11.5 Å². The first kappa shape index (κ1) is 15.7. The Hall–Kier alpha value is -2.67. The fourth-order valence-corrected chi connectivity index (χ4v) is 1.92. The van der Waals surface area contributed by atoms with Crippen molar-refractivity contribution in [1.29, 1.82) is 0 Å². The van der Waals surface area contributed by atoms with Gasteiger partial charge in [-0.2, -0.15) is 8.78 Å². The maximum Gasteiger partial charge on any atom is 0.339 e. The lowest BCUT2D eigenvalue weighted by molar-refractivity contribution is -0.385. The smallest absolute Gasteiger partial charge is 0.339 e. The van der Waals surface area contributed by atoms with Crippen LogP contribution in [0.2, 0.25) is 0 Å². The van der Waals surface area contributed by atoms with Crippen LogP contribution in [0.25, 0.3) is 0 Å². The third-order valence-corrected chi connectivity index (χ3v) is 3.08. The van der Waals surface area contributed by atoms with Gasteiger partial charge in [-0.05, 0) is 5.56 Å². The van der Waals surface area contributed by atoms with E-state index in [0.29, 0.717) is 0 Å². The first-order chi connectivity index (χ1) is 10.3. The van der Waals surface area contributed by atoms with Crippen LogP contribution in [0, 0.1) is 10.1 Å². The predicted molar refractivity (Wildman–Crippen MR) is 73.8 cm³/mol. The minimum atomic E-state index is -4.10. The summed E-state index contributed by atoms with van der Waals surface area (Å²) in [6, 6.07) is 11.0. The summed E-state index contributed by atoms with van der Waals surface area (Å²) in [6.07, 6.45) is -2.47. The van der Waals surface area contributed by atoms with Gasteiger partial charge >= 0.3 is 5.92 Å². The Labute approximate surface area is 124 Å². The fraction of sp³-hybridized carbons (Fsp3) is 0.133. The average Bonchev–Trinajstić information content (AvgIpc) is 2.54. The van der Waals surface area contributed by atoms with Crippen LogP contribution in [0.3, 0.4) is 0 Å². The van der Waals surface area contributed by atoms with E-state index in [2.05, 4.69) is 0 Å². The highest BCUT2D eigenvalue weighted by molar-refractivity contribution is 6.01. The third kappa shape index (κ3) is 2.99. The number of halogens is 2. The molecule has 22 heavy (non-hydrogen) atoms. The molecule has 0 aliphatic heterocycles. The topological polar surface area (TPSA) is 80.4 Å². The largest absolute Gasteiger partial charge is 0.382 e.